The van der Waals surface area contributed by atoms with E-state index in [1.165, 1.54) is 12.8 Å². The van der Waals surface area contributed by atoms with Gasteiger partial charge in [-0.3, -0.25) is 4.79 Å². The number of aliphatic imine (C=N–C) groups is 1. The second-order valence-electron chi connectivity index (χ2n) is 6.40. The van der Waals surface area contributed by atoms with Crippen molar-refractivity contribution in [1.82, 2.24) is 15.5 Å². The number of nitrogens with one attached hydrogen (secondary N) is 2. The molecular formula is C15H30N4O2. The number of amides is 1. The molecule has 1 aliphatic rings. The largest absolute Gasteiger partial charge is 0.377 e. The topological polar surface area (TPSA) is 66.0 Å². The molecule has 0 aromatic heterocycles. The summed E-state index contributed by atoms with van der Waals surface area (Å²) < 4.78 is 5.40. The van der Waals surface area contributed by atoms with Crippen LogP contribution < -0.4 is 10.6 Å². The number of guanidine groups is 1. The van der Waals surface area contributed by atoms with Gasteiger partial charge in [0.25, 0.3) is 0 Å². The minimum atomic E-state index is -0.274. The molecule has 6 heteroatoms. The van der Waals surface area contributed by atoms with Crippen molar-refractivity contribution in [3.05, 3.63) is 0 Å². The first kappa shape index (κ1) is 17.8. The van der Waals surface area contributed by atoms with Crippen LogP contribution in [-0.4, -0.2) is 62.7 Å². The standard InChI is InChI=1S/C15H30N4O2/c1-15(2,21-5)11-17-14(16-10-13(20)19(3)4)18-12-8-6-7-9-12/h12H,6-11H2,1-5H3,(H2,16,17,18). The highest BCUT2D eigenvalue weighted by molar-refractivity contribution is 5.85. The lowest BCUT2D eigenvalue weighted by molar-refractivity contribution is -0.127. The summed E-state index contributed by atoms with van der Waals surface area (Å²) in [7, 11) is 5.17. The molecule has 21 heavy (non-hydrogen) atoms. The van der Waals surface area contributed by atoms with Crippen molar-refractivity contribution in [2.24, 2.45) is 4.99 Å². The van der Waals surface area contributed by atoms with Gasteiger partial charge in [-0.25, -0.2) is 4.99 Å². The van der Waals surface area contributed by atoms with Gasteiger partial charge in [-0.2, -0.15) is 0 Å². The molecule has 2 N–H and O–H groups in total. The number of rotatable bonds is 6. The van der Waals surface area contributed by atoms with E-state index >= 15 is 0 Å². The van der Waals surface area contributed by atoms with Crippen LogP contribution in [0, 0.1) is 0 Å². The van der Waals surface area contributed by atoms with E-state index in [-0.39, 0.29) is 18.1 Å². The van der Waals surface area contributed by atoms with Crippen LogP contribution >= 0.6 is 0 Å². The van der Waals surface area contributed by atoms with E-state index < -0.39 is 0 Å². The first-order chi connectivity index (χ1) is 9.84. The lowest BCUT2D eigenvalue weighted by Crippen LogP contribution is -2.48. The number of nitrogens with zero attached hydrogens (tertiary/aromatic N) is 2. The molecule has 0 aromatic carbocycles. The third-order valence-corrected chi connectivity index (χ3v) is 3.80. The van der Waals surface area contributed by atoms with E-state index in [9.17, 15) is 4.79 Å². The van der Waals surface area contributed by atoms with E-state index in [0.717, 1.165) is 12.8 Å². The Morgan fingerprint density at radius 3 is 2.48 bits per heavy atom. The van der Waals surface area contributed by atoms with Crippen LogP contribution in [0.15, 0.2) is 4.99 Å². The first-order valence-electron chi connectivity index (χ1n) is 7.64. The Balaban J connectivity index is 2.59. The van der Waals surface area contributed by atoms with E-state index in [0.29, 0.717) is 18.5 Å². The van der Waals surface area contributed by atoms with Crippen molar-refractivity contribution in [2.75, 3.05) is 34.3 Å². The second-order valence-corrected chi connectivity index (χ2v) is 6.40. The number of methoxy groups -OCH3 is 1. The predicted molar refractivity (Wildman–Crippen MR) is 85.5 cm³/mol. The van der Waals surface area contributed by atoms with Crippen LogP contribution in [0.3, 0.4) is 0 Å². The van der Waals surface area contributed by atoms with Crippen LogP contribution in [-0.2, 0) is 9.53 Å². The van der Waals surface area contributed by atoms with Crippen molar-refractivity contribution >= 4 is 11.9 Å². The minimum Gasteiger partial charge on any atom is -0.377 e. The second kappa shape index (κ2) is 8.22. The Labute approximate surface area is 128 Å². The number of hydrogen-bond acceptors (Lipinski definition) is 3. The van der Waals surface area contributed by atoms with E-state index in [1.807, 2.05) is 13.8 Å². The zero-order chi connectivity index (χ0) is 15.9. The summed E-state index contributed by atoms with van der Waals surface area (Å²) in [6.45, 7) is 4.82. The summed E-state index contributed by atoms with van der Waals surface area (Å²) in [6.07, 6.45) is 4.84. The maximum Gasteiger partial charge on any atom is 0.243 e. The SMILES string of the molecule is COC(C)(C)CNC(=NCC(=O)N(C)C)NC1CCCC1. The van der Waals surface area contributed by atoms with Crippen LogP contribution in [0.4, 0.5) is 0 Å². The highest BCUT2D eigenvalue weighted by Gasteiger charge is 2.20. The Bertz CT molecular complexity index is 361. The van der Waals surface area contributed by atoms with Crippen LogP contribution in [0.2, 0.25) is 0 Å². The highest BCUT2D eigenvalue weighted by atomic mass is 16.5. The first-order valence-corrected chi connectivity index (χ1v) is 7.64. The van der Waals surface area contributed by atoms with Gasteiger partial charge in [-0.1, -0.05) is 12.8 Å². The van der Waals surface area contributed by atoms with Gasteiger partial charge >= 0.3 is 0 Å². The summed E-state index contributed by atoms with van der Waals surface area (Å²) >= 11 is 0. The summed E-state index contributed by atoms with van der Waals surface area (Å²) in [5, 5.41) is 6.69. The molecule has 0 spiro atoms. The third kappa shape index (κ3) is 6.80. The van der Waals surface area contributed by atoms with Gasteiger partial charge in [0.15, 0.2) is 5.96 Å². The van der Waals surface area contributed by atoms with Crippen molar-refractivity contribution in [3.63, 3.8) is 0 Å². The van der Waals surface area contributed by atoms with Gasteiger partial charge in [0.05, 0.1) is 5.60 Å². The number of carbonyl (C=O) groups is 1. The third-order valence-electron chi connectivity index (χ3n) is 3.80. The van der Waals surface area contributed by atoms with Crippen molar-refractivity contribution < 1.29 is 9.53 Å². The maximum absolute atomic E-state index is 11.7. The predicted octanol–water partition coefficient (Wildman–Crippen LogP) is 0.977. The molecular weight excluding hydrogens is 268 g/mol. The maximum atomic E-state index is 11.7. The molecule has 1 saturated carbocycles. The molecule has 0 aromatic rings. The van der Waals surface area contributed by atoms with E-state index in [1.54, 1.807) is 26.1 Å². The normalized spacial score (nSPS) is 16.9. The molecule has 1 fully saturated rings. The van der Waals surface area contributed by atoms with Gasteiger partial charge in [-0.05, 0) is 26.7 Å². The van der Waals surface area contributed by atoms with Crippen LogP contribution in [0.25, 0.3) is 0 Å². The number of carbonyl (C=O) groups excluding carboxylic acids is 1. The van der Waals surface area contributed by atoms with Crippen LogP contribution in [0.1, 0.15) is 39.5 Å². The van der Waals surface area contributed by atoms with Gasteiger partial charge in [-0.15, -0.1) is 0 Å². The molecule has 1 rings (SSSR count). The van der Waals surface area contributed by atoms with Crippen molar-refractivity contribution in [2.45, 2.75) is 51.2 Å². The van der Waals surface area contributed by atoms with E-state index in [4.69, 9.17) is 4.74 Å². The fourth-order valence-corrected chi connectivity index (χ4v) is 2.07. The molecule has 1 amide bonds. The minimum absolute atomic E-state index is 0.00600. The number of likely N-dealkylation sites (N-methyl/N-ethyl adjacent to an activating group) is 1. The molecule has 122 valence electrons. The summed E-state index contributed by atoms with van der Waals surface area (Å²) in [4.78, 5) is 17.6. The molecule has 6 nitrogen and oxygen atoms in total. The monoisotopic (exact) mass is 298 g/mol. The zero-order valence-corrected chi connectivity index (χ0v) is 14.0. The highest BCUT2D eigenvalue weighted by Crippen LogP contribution is 2.17. The lowest BCUT2D eigenvalue weighted by atomic mass is 10.1. The molecule has 0 aliphatic heterocycles. The summed E-state index contributed by atoms with van der Waals surface area (Å²) in [6, 6.07) is 0.455. The molecule has 0 saturated heterocycles. The fourth-order valence-electron chi connectivity index (χ4n) is 2.07. The summed E-state index contributed by atoms with van der Waals surface area (Å²) in [5.41, 5.74) is -0.274. The van der Waals surface area contributed by atoms with Gasteiger partial charge in [0.2, 0.25) is 5.91 Å². The average Bonchev–Trinajstić information content (AvgIpc) is 2.94. The molecule has 0 heterocycles. The zero-order valence-electron chi connectivity index (χ0n) is 14.0. The van der Waals surface area contributed by atoms with Crippen LogP contribution in [0.5, 0.6) is 0 Å². The molecule has 0 unspecified atom stereocenters. The number of hydrogen-bond donors (Lipinski definition) is 2. The Kier molecular flexibility index (Phi) is 6.95. The molecule has 0 bridgehead atoms. The van der Waals surface area contributed by atoms with Gasteiger partial charge in [0.1, 0.15) is 6.54 Å². The van der Waals surface area contributed by atoms with Gasteiger partial charge < -0.3 is 20.3 Å². The Morgan fingerprint density at radius 1 is 1.33 bits per heavy atom. The number of ether oxygens (including phenoxy) is 1. The van der Waals surface area contributed by atoms with Crippen molar-refractivity contribution in [1.29, 1.82) is 0 Å². The smallest absolute Gasteiger partial charge is 0.243 e. The Hall–Kier alpha value is -1.30. The molecule has 0 atom stereocenters. The fraction of sp³-hybridized carbons (Fsp3) is 0.867. The Morgan fingerprint density at radius 2 is 1.95 bits per heavy atom. The lowest BCUT2D eigenvalue weighted by Gasteiger charge is -2.25. The van der Waals surface area contributed by atoms with Gasteiger partial charge in [0, 0.05) is 33.8 Å². The molecule has 0 radical (unpaired) electrons. The quantitative estimate of drug-likeness (QED) is 0.567. The molecule has 1 aliphatic carbocycles. The van der Waals surface area contributed by atoms with E-state index in [2.05, 4.69) is 15.6 Å². The summed E-state index contributed by atoms with van der Waals surface area (Å²) in [5.74, 6) is 0.691. The average molecular weight is 298 g/mol. The van der Waals surface area contributed by atoms with Crippen molar-refractivity contribution in [3.8, 4) is 0 Å².